The molecule has 72 valence electrons. The highest BCUT2D eigenvalue weighted by Gasteiger charge is 1.96. The van der Waals surface area contributed by atoms with Crippen molar-refractivity contribution in [2.24, 2.45) is 0 Å². The zero-order valence-electron chi connectivity index (χ0n) is 8.12. The molecule has 0 saturated heterocycles. The van der Waals surface area contributed by atoms with Crippen LogP contribution in [0.1, 0.15) is 12.7 Å². The van der Waals surface area contributed by atoms with Gasteiger partial charge in [-0.15, -0.1) is 0 Å². The Balaban J connectivity index is 2.27. The van der Waals surface area contributed by atoms with E-state index in [0.29, 0.717) is 0 Å². The number of aromatic nitrogens is 2. The van der Waals surface area contributed by atoms with Crippen molar-refractivity contribution in [3.8, 4) is 0 Å². The van der Waals surface area contributed by atoms with Gasteiger partial charge in [-0.1, -0.05) is 12.1 Å². The van der Waals surface area contributed by atoms with Crippen molar-refractivity contribution in [3.05, 3.63) is 36.3 Å². The molecular weight excluding hydrogens is 174 g/mol. The standard InChI is InChI=1S/C11H13N3/c1-2-12-8-7-11-13-9-5-3-4-6-10(9)14-11/h3-8,12H,2H2,1H3,(H,13,14)/b8-7+. The first-order valence-electron chi connectivity index (χ1n) is 4.75. The Hall–Kier alpha value is -1.77. The van der Waals surface area contributed by atoms with E-state index < -0.39 is 0 Å². The molecule has 0 aliphatic rings. The summed E-state index contributed by atoms with van der Waals surface area (Å²) in [5, 5.41) is 3.10. The number of hydrogen-bond donors (Lipinski definition) is 2. The predicted octanol–water partition coefficient (Wildman–Crippen LogP) is 2.14. The summed E-state index contributed by atoms with van der Waals surface area (Å²) in [6.07, 6.45) is 3.83. The lowest BCUT2D eigenvalue weighted by molar-refractivity contribution is 0.923. The minimum absolute atomic E-state index is 0.882. The fraction of sp³-hybridized carbons (Fsp3) is 0.182. The van der Waals surface area contributed by atoms with Crippen LogP contribution in [0.2, 0.25) is 0 Å². The van der Waals surface area contributed by atoms with Crippen LogP contribution in [0.25, 0.3) is 17.1 Å². The van der Waals surface area contributed by atoms with Crippen molar-refractivity contribution in [3.63, 3.8) is 0 Å². The number of fused-ring (bicyclic) bond motifs is 1. The van der Waals surface area contributed by atoms with Crippen molar-refractivity contribution < 1.29 is 0 Å². The van der Waals surface area contributed by atoms with Gasteiger partial charge in [0, 0.05) is 12.7 Å². The fourth-order valence-corrected chi connectivity index (χ4v) is 1.31. The Bertz CT molecular complexity index is 409. The summed E-state index contributed by atoms with van der Waals surface area (Å²) in [4.78, 5) is 7.62. The number of H-pyrrole nitrogens is 1. The number of hydrogen-bond acceptors (Lipinski definition) is 2. The largest absolute Gasteiger partial charge is 0.391 e. The molecule has 0 saturated carbocycles. The average molecular weight is 187 g/mol. The van der Waals surface area contributed by atoms with E-state index >= 15 is 0 Å². The van der Waals surface area contributed by atoms with Crippen LogP contribution in [-0.4, -0.2) is 16.5 Å². The van der Waals surface area contributed by atoms with Crippen LogP contribution in [0.15, 0.2) is 30.5 Å². The molecule has 0 atom stereocenters. The van der Waals surface area contributed by atoms with Crippen molar-refractivity contribution in [2.75, 3.05) is 6.54 Å². The van der Waals surface area contributed by atoms with Gasteiger partial charge < -0.3 is 10.3 Å². The van der Waals surface area contributed by atoms with Gasteiger partial charge in [0.25, 0.3) is 0 Å². The van der Waals surface area contributed by atoms with Crippen LogP contribution in [-0.2, 0) is 0 Å². The normalized spacial score (nSPS) is 11.2. The number of aromatic amines is 1. The molecule has 0 unspecified atom stereocenters. The number of rotatable bonds is 3. The molecule has 3 nitrogen and oxygen atoms in total. The lowest BCUT2D eigenvalue weighted by atomic mass is 10.3. The van der Waals surface area contributed by atoms with E-state index in [4.69, 9.17) is 0 Å². The molecule has 0 radical (unpaired) electrons. The molecule has 0 amide bonds. The molecule has 2 N–H and O–H groups in total. The average Bonchev–Trinajstić information content (AvgIpc) is 2.60. The molecule has 1 aromatic carbocycles. The third-order valence-corrected chi connectivity index (χ3v) is 1.97. The number of nitrogens with zero attached hydrogens (tertiary/aromatic N) is 1. The number of para-hydroxylation sites is 2. The van der Waals surface area contributed by atoms with Crippen molar-refractivity contribution in [1.82, 2.24) is 15.3 Å². The van der Waals surface area contributed by atoms with E-state index in [2.05, 4.69) is 22.2 Å². The van der Waals surface area contributed by atoms with Crippen LogP contribution in [0.4, 0.5) is 0 Å². The van der Waals surface area contributed by atoms with E-state index in [1.54, 1.807) is 0 Å². The quantitative estimate of drug-likeness (QED) is 0.773. The van der Waals surface area contributed by atoms with Crippen molar-refractivity contribution in [1.29, 1.82) is 0 Å². The zero-order chi connectivity index (χ0) is 9.80. The van der Waals surface area contributed by atoms with Crippen LogP contribution in [0.3, 0.4) is 0 Å². The summed E-state index contributed by atoms with van der Waals surface area (Å²) in [5.74, 6) is 0.882. The molecule has 1 aromatic heterocycles. The van der Waals surface area contributed by atoms with Gasteiger partial charge in [0.05, 0.1) is 11.0 Å². The lowest BCUT2D eigenvalue weighted by Gasteiger charge is -1.89. The van der Waals surface area contributed by atoms with E-state index in [-0.39, 0.29) is 0 Å². The fourth-order valence-electron chi connectivity index (χ4n) is 1.31. The van der Waals surface area contributed by atoms with E-state index in [0.717, 1.165) is 23.4 Å². The Morgan fingerprint density at radius 2 is 2.29 bits per heavy atom. The van der Waals surface area contributed by atoms with Gasteiger partial charge in [-0.25, -0.2) is 4.98 Å². The maximum Gasteiger partial charge on any atom is 0.132 e. The van der Waals surface area contributed by atoms with Gasteiger partial charge in [0.2, 0.25) is 0 Å². The predicted molar refractivity (Wildman–Crippen MR) is 58.8 cm³/mol. The zero-order valence-corrected chi connectivity index (χ0v) is 8.12. The Labute approximate surface area is 82.9 Å². The second-order valence-electron chi connectivity index (χ2n) is 3.03. The number of nitrogens with one attached hydrogen (secondary N) is 2. The highest BCUT2D eigenvalue weighted by atomic mass is 14.9. The molecule has 2 rings (SSSR count). The number of imidazole rings is 1. The monoisotopic (exact) mass is 187 g/mol. The van der Waals surface area contributed by atoms with Gasteiger partial charge in [-0.05, 0) is 25.1 Å². The summed E-state index contributed by atoms with van der Waals surface area (Å²) in [6, 6.07) is 8.00. The molecule has 0 aliphatic carbocycles. The van der Waals surface area contributed by atoms with E-state index in [9.17, 15) is 0 Å². The lowest BCUT2D eigenvalue weighted by Crippen LogP contribution is -2.01. The molecule has 1 heterocycles. The minimum Gasteiger partial charge on any atom is -0.391 e. The SMILES string of the molecule is CCN/C=C/c1nc2ccccc2[nH]1. The molecule has 3 heteroatoms. The topological polar surface area (TPSA) is 40.7 Å². The highest BCUT2D eigenvalue weighted by Crippen LogP contribution is 2.10. The minimum atomic E-state index is 0.882. The molecule has 0 bridgehead atoms. The van der Waals surface area contributed by atoms with Gasteiger partial charge in [0.15, 0.2) is 0 Å². The second-order valence-corrected chi connectivity index (χ2v) is 3.03. The second kappa shape index (κ2) is 3.96. The first-order valence-corrected chi connectivity index (χ1v) is 4.75. The summed E-state index contributed by atoms with van der Waals surface area (Å²) in [5.41, 5.74) is 2.08. The first-order chi connectivity index (χ1) is 6.90. The Morgan fingerprint density at radius 1 is 1.43 bits per heavy atom. The van der Waals surface area contributed by atoms with Crippen molar-refractivity contribution in [2.45, 2.75) is 6.92 Å². The maximum absolute atomic E-state index is 4.40. The van der Waals surface area contributed by atoms with Gasteiger partial charge >= 0.3 is 0 Å². The third-order valence-electron chi connectivity index (χ3n) is 1.97. The first kappa shape index (κ1) is 8.81. The third kappa shape index (κ3) is 1.76. The molecule has 14 heavy (non-hydrogen) atoms. The smallest absolute Gasteiger partial charge is 0.132 e. The van der Waals surface area contributed by atoms with Crippen LogP contribution in [0, 0.1) is 0 Å². The summed E-state index contributed by atoms with van der Waals surface area (Å²) in [7, 11) is 0. The summed E-state index contributed by atoms with van der Waals surface area (Å²) < 4.78 is 0. The summed E-state index contributed by atoms with van der Waals surface area (Å²) in [6.45, 7) is 2.99. The van der Waals surface area contributed by atoms with Crippen LogP contribution in [0.5, 0.6) is 0 Å². The van der Waals surface area contributed by atoms with Gasteiger partial charge in [0.1, 0.15) is 5.82 Å². The molecule has 2 aromatic rings. The van der Waals surface area contributed by atoms with Gasteiger partial charge in [-0.3, -0.25) is 0 Å². The van der Waals surface area contributed by atoms with Crippen molar-refractivity contribution >= 4 is 17.1 Å². The molecular formula is C11H13N3. The van der Waals surface area contributed by atoms with Crippen LogP contribution >= 0.6 is 0 Å². The van der Waals surface area contributed by atoms with E-state index in [1.807, 2.05) is 36.5 Å². The Kier molecular flexibility index (Phi) is 2.49. The molecule has 0 spiro atoms. The maximum atomic E-state index is 4.40. The van der Waals surface area contributed by atoms with Gasteiger partial charge in [-0.2, -0.15) is 0 Å². The molecule has 0 aliphatic heterocycles. The summed E-state index contributed by atoms with van der Waals surface area (Å²) >= 11 is 0. The Morgan fingerprint density at radius 3 is 3.07 bits per heavy atom. The van der Waals surface area contributed by atoms with Crippen LogP contribution < -0.4 is 5.32 Å². The molecule has 0 fully saturated rings. The van der Waals surface area contributed by atoms with E-state index in [1.165, 1.54) is 0 Å². The number of benzene rings is 1. The highest BCUT2D eigenvalue weighted by molar-refractivity contribution is 5.76.